The van der Waals surface area contributed by atoms with E-state index in [2.05, 4.69) is 25.1 Å². The molecule has 0 aliphatic carbocycles. The Morgan fingerprint density at radius 3 is 3.08 bits per heavy atom. The molecule has 25 heavy (non-hydrogen) atoms. The van der Waals surface area contributed by atoms with Gasteiger partial charge in [0.25, 0.3) is 5.91 Å². The Hall–Kier alpha value is -2.67. The highest BCUT2D eigenvalue weighted by Crippen LogP contribution is 2.32. The Morgan fingerprint density at radius 2 is 2.28 bits per heavy atom. The molecule has 3 heterocycles. The maximum absolute atomic E-state index is 12.8. The van der Waals surface area contributed by atoms with Crippen LogP contribution in [0.2, 0.25) is 0 Å². The smallest absolute Gasteiger partial charge is 0.253 e. The third-order valence-electron chi connectivity index (χ3n) is 5.07. The second kappa shape index (κ2) is 6.33. The Kier molecular flexibility index (Phi) is 4.01. The molecular formula is C18H21N5O2. The topological polar surface area (TPSA) is 84.8 Å². The summed E-state index contributed by atoms with van der Waals surface area (Å²) >= 11 is 0. The maximum atomic E-state index is 12.8. The van der Waals surface area contributed by atoms with Crippen molar-refractivity contribution in [1.29, 1.82) is 0 Å². The first kappa shape index (κ1) is 15.8. The Balaban J connectivity index is 1.52. The number of amides is 1. The van der Waals surface area contributed by atoms with Gasteiger partial charge >= 0.3 is 0 Å². The quantitative estimate of drug-likeness (QED) is 0.762. The molecule has 1 saturated heterocycles. The normalized spacial score (nSPS) is 20.2. The zero-order valence-corrected chi connectivity index (χ0v) is 14.3. The number of carbonyl (C=O) groups is 1. The number of hydrogen-bond donors (Lipinski definition) is 2. The van der Waals surface area contributed by atoms with Crippen LogP contribution in [0.5, 0.6) is 0 Å². The van der Waals surface area contributed by atoms with Crippen molar-refractivity contribution < 1.29 is 9.53 Å². The zero-order chi connectivity index (χ0) is 17.4. The van der Waals surface area contributed by atoms with Gasteiger partial charge < -0.3 is 14.6 Å². The molecule has 7 heteroatoms. The number of benzene rings is 1. The first-order chi connectivity index (χ1) is 12.2. The molecule has 2 aromatic heterocycles. The highest BCUT2D eigenvalue weighted by molar-refractivity contribution is 6.08. The van der Waals surface area contributed by atoms with Gasteiger partial charge in [-0.1, -0.05) is 18.2 Å². The molecule has 1 aromatic carbocycles. The molecule has 1 aliphatic rings. The Labute approximate surface area is 145 Å². The fourth-order valence-corrected chi connectivity index (χ4v) is 3.62. The molecule has 0 saturated carbocycles. The number of nitrogens with zero attached hydrogens (tertiary/aromatic N) is 3. The highest BCUT2D eigenvalue weighted by Gasteiger charge is 2.32. The lowest BCUT2D eigenvalue weighted by molar-refractivity contribution is 0.0799. The van der Waals surface area contributed by atoms with Gasteiger partial charge in [0.2, 0.25) is 0 Å². The molecule has 130 valence electrons. The van der Waals surface area contributed by atoms with E-state index >= 15 is 0 Å². The molecule has 1 fully saturated rings. The van der Waals surface area contributed by atoms with Gasteiger partial charge in [0.05, 0.1) is 5.56 Å². The van der Waals surface area contributed by atoms with Crippen molar-refractivity contribution in [2.75, 3.05) is 13.2 Å². The van der Waals surface area contributed by atoms with Crippen molar-refractivity contribution in [2.24, 2.45) is 13.0 Å². The number of nitrogens with one attached hydrogen (secondary N) is 2. The third kappa shape index (κ3) is 2.70. The number of H-pyrrole nitrogens is 1. The van der Waals surface area contributed by atoms with Crippen LogP contribution >= 0.6 is 0 Å². The lowest BCUT2D eigenvalue weighted by Crippen LogP contribution is -2.31. The zero-order valence-electron chi connectivity index (χ0n) is 14.3. The molecule has 0 spiro atoms. The summed E-state index contributed by atoms with van der Waals surface area (Å²) in [5.41, 5.74) is 2.77. The average molecular weight is 339 g/mol. The first-order valence-corrected chi connectivity index (χ1v) is 8.46. The van der Waals surface area contributed by atoms with E-state index < -0.39 is 0 Å². The summed E-state index contributed by atoms with van der Waals surface area (Å²) in [6.07, 6.45) is 2.23. The number of rotatable bonds is 4. The van der Waals surface area contributed by atoms with E-state index in [9.17, 15) is 4.79 Å². The molecule has 4 rings (SSSR count). The largest absolute Gasteiger partial charge is 0.370 e. The van der Waals surface area contributed by atoms with Crippen molar-refractivity contribution in [3.05, 3.63) is 47.7 Å². The fraction of sp³-hybridized carbons (Fsp3) is 0.389. The van der Waals surface area contributed by atoms with Crippen LogP contribution in [0.1, 0.15) is 34.4 Å². The van der Waals surface area contributed by atoms with E-state index in [1.807, 2.05) is 38.2 Å². The summed E-state index contributed by atoms with van der Waals surface area (Å²) < 4.78 is 7.81. The van der Waals surface area contributed by atoms with Crippen molar-refractivity contribution in [1.82, 2.24) is 25.1 Å². The van der Waals surface area contributed by atoms with Crippen molar-refractivity contribution in [3.63, 3.8) is 0 Å². The van der Waals surface area contributed by atoms with Crippen LogP contribution in [0.3, 0.4) is 0 Å². The average Bonchev–Trinajstić information content (AvgIpc) is 3.34. The van der Waals surface area contributed by atoms with Gasteiger partial charge in [-0.2, -0.15) is 5.10 Å². The molecule has 0 radical (unpaired) electrons. The number of hydrogen-bond acceptors (Lipinski definition) is 4. The minimum Gasteiger partial charge on any atom is -0.370 e. The van der Waals surface area contributed by atoms with E-state index in [0.717, 1.165) is 34.4 Å². The van der Waals surface area contributed by atoms with E-state index in [1.54, 1.807) is 0 Å². The number of carbonyl (C=O) groups excluding carboxylic acids is 1. The van der Waals surface area contributed by atoms with Gasteiger partial charge in [-0.05, 0) is 19.4 Å². The Morgan fingerprint density at radius 1 is 1.44 bits per heavy atom. The van der Waals surface area contributed by atoms with Crippen LogP contribution in [0.15, 0.2) is 30.6 Å². The second-order valence-electron chi connectivity index (χ2n) is 6.46. The number of fused-ring (bicyclic) bond motifs is 1. The van der Waals surface area contributed by atoms with Crippen LogP contribution in [0.4, 0.5) is 0 Å². The maximum Gasteiger partial charge on any atom is 0.253 e. The van der Waals surface area contributed by atoms with E-state index in [4.69, 9.17) is 4.74 Å². The van der Waals surface area contributed by atoms with Gasteiger partial charge in [0, 0.05) is 42.7 Å². The highest BCUT2D eigenvalue weighted by atomic mass is 16.5. The van der Waals surface area contributed by atoms with E-state index in [0.29, 0.717) is 13.2 Å². The van der Waals surface area contributed by atoms with Crippen molar-refractivity contribution in [3.8, 4) is 0 Å². The summed E-state index contributed by atoms with van der Waals surface area (Å²) in [5.74, 6) is 0.864. The summed E-state index contributed by atoms with van der Waals surface area (Å²) in [7, 11) is 1.99. The molecular weight excluding hydrogens is 318 g/mol. The summed E-state index contributed by atoms with van der Waals surface area (Å²) in [6.45, 7) is 3.19. The molecule has 2 N–H and O–H groups in total. The predicted octanol–water partition coefficient (Wildman–Crippen LogP) is 2.11. The van der Waals surface area contributed by atoms with Crippen LogP contribution in [-0.4, -0.2) is 38.8 Å². The standard InChI is InChI=1S/C18H21N5O2/c1-11-15(13-5-3-4-6-14(13)23(11)2)18(24)19-9-12-7-8-25-16(12)17-20-10-21-22-17/h3-6,10,12,16H,7-9H2,1-2H3,(H,19,24)(H,20,21,22)/t12-,16-/m0/s1. The molecule has 2 atom stereocenters. The molecule has 1 amide bonds. The van der Waals surface area contributed by atoms with Gasteiger partial charge in [-0.3, -0.25) is 9.89 Å². The van der Waals surface area contributed by atoms with E-state index in [-0.39, 0.29) is 17.9 Å². The second-order valence-corrected chi connectivity index (χ2v) is 6.46. The van der Waals surface area contributed by atoms with Crippen LogP contribution < -0.4 is 5.32 Å². The Bertz CT molecular complexity index is 900. The van der Waals surface area contributed by atoms with Gasteiger partial charge in [0.1, 0.15) is 12.4 Å². The minimum atomic E-state index is -0.142. The van der Waals surface area contributed by atoms with Crippen molar-refractivity contribution >= 4 is 16.8 Å². The van der Waals surface area contributed by atoms with Crippen LogP contribution in [0.25, 0.3) is 10.9 Å². The molecule has 0 unspecified atom stereocenters. The number of ether oxygens (including phenoxy) is 1. The van der Waals surface area contributed by atoms with Gasteiger partial charge in [-0.25, -0.2) is 4.98 Å². The number of aromatic nitrogens is 4. The SMILES string of the molecule is Cc1c(C(=O)NC[C@@H]2CCO[C@@H]2c2ncn[nH]2)c2ccccc2n1C. The summed E-state index contributed by atoms with van der Waals surface area (Å²) in [5, 5.41) is 10.8. The summed E-state index contributed by atoms with van der Waals surface area (Å²) in [6, 6.07) is 7.97. The fourth-order valence-electron chi connectivity index (χ4n) is 3.62. The van der Waals surface area contributed by atoms with Gasteiger partial charge in [0.15, 0.2) is 5.82 Å². The first-order valence-electron chi connectivity index (χ1n) is 8.46. The lowest BCUT2D eigenvalue weighted by Gasteiger charge is -2.16. The van der Waals surface area contributed by atoms with Crippen molar-refractivity contribution in [2.45, 2.75) is 19.4 Å². The van der Waals surface area contributed by atoms with Gasteiger partial charge in [-0.15, -0.1) is 0 Å². The molecule has 0 bridgehead atoms. The lowest BCUT2D eigenvalue weighted by atomic mass is 10.0. The predicted molar refractivity (Wildman–Crippen MR) is 93.2 cm³/mol. The molecule has 7 nitrogen and oxygen atoms in total. The monoisotopic (exact) mass is 339 g/mol. The third-order valence-corrected chi connectivity index (χ3v) is 5.07. The number of aryl methyl sites for hydroxylation is 1. The number of aromatic amines is 1. The molecule has 1 aliphatic heterocycles. The van der Waals surface area contributed by atoms with Crippen LogP contribution in [0, 0.1) is 12.8 Å². The number of para-hydroxylation sites is 1. The van der Waals surface area contributed by atoms with Crippen LogP contribution in [-0.2, 0) is 11.8 Å². The minimum absolute atomic E-state index is 0.0440. The summed E-state index contributed by atoms with van der Waals surface area (Å²) in [4.78, 5) is 17.0. The molecule has 3 aromatic rings. The van der Waals surface area contributed by atoms with E-state index in [1.165, 1.54) is 6.33 Å².